The molecule has 0 saturated heterocycles. The molecule has 0 aromatic heterocycles. The predicted octanol–water partition coefficient (Wildman–Crippen LogP) is 5.31. The molecule has 0 radical (unpaired) electrons. The zero-order chi connectivity index (χ0) is 20.3. The molecule has 144 valence electrons. The number of aryl methyl sites for hydroxylation is 1. The summed E-state index contributed by atoms with van der Waals surface area (Å²) in [6.07, 6.45) is 0. The van der Waals surface area contributed by atoms with Crippen molar-refractivity contribution in [1.82, 2.24) is 0 Å². The van der Waals surface area contributed by atoms with E-state index in [0.29, 0.717) is 21.8 Å². The molecule has 3 rings (SSSR count). The monoisotopic (exact) mass is 526 g/mol. The Morgan fingerprint density at radius 2 is 1.68 bits per heavy atom. The number of amides is 1. The topological polar surface area (TPSA) is 75.3 Å². The first-order valence-corrected chi connectivity index (χ1v) is 11.2. The maximum Gasteiger partial charge on any atom is 0.262 e. The van der Waals surface area contributed by atoms with E-state index < -0.39 is 10.0 Å². The van der Waals surface area contributed by atoms with Crippen LogP contribution in [-0.4, -0.2) is 14.3 Å². The van der Waals surface area contributed by atoms with Gasteiger partial charge in [0.05, 0.1) is 21.2 Å². The third-order valence-corrected chi connectivity index (χ3v) is 6.75. The number of para-hydroxylation sites is 1. The quantitative estimate of drug-likeness (QED) is 0.443. The van der Waals surface area contributed by atoms with Gasteiger partial charge in [-0.2, -0.15) is 0 Å². The van der Waals surface area contributed by atoms with Gasteiger partial charge in [-0.25, -0.2) is 8.42 Å². The summed E-state index contributed by atoms with van der Waals surface area (Å²) >= 11 is 8.14. The first-order valence-electron chi connectivity index (χ1n) is 8.22. The number of nitrogens with one attached hydrogen (secondary N) is 2. The Morgan fingerprint density at radius 1 is 1.00 bits per heavy atom. The van der Waals surface area contributed by atoms with Gasteiger partial charge in [-0.1, -0.05) is 41.9 Å². The van der Waals surface area contributed by atoms with E-state index in [1.54, 1.807) is 55.5 Å². The van der Waals surface area contributed by atoms with Gasteiger partial charge in [0.2, 0.25) is 0 Å². The van der Waals surface area contributed by atoms with Crippen LogP contribution in [-0.2, 0) is 10.0 Å². The number of hydrogen-bond acceptors (Lipinski definition) is 3. The van der Waals surface area contributed by atoms with Crippen molar-refractivity contribution in [2.45, 2.75) is 11.8 Å². The van der Waals surface area contributed by atoms with Crippen LogP contribution in [0, 0.1) is 10.5 Å². The molecule has 0 unspecified atom stereocenters. The number of carbonyl (C=O) groups is 1. The zero-order valence-corrected chi connectivity index (χ0v) is 18.5. The van der Waals surface area contributed by atoms with Gasteiger partial charge < -0.3 is 5.32 Å². The third kappa shape index (κ3) is 4.65. The fourth-order valence-electron chi connectivity index (χ4n) is 2.55. The Balaban J connectivity index is 1.90. The lowest BCUT2D eigenvalue weighted by Crippen LogP contribution is -2.17. The number of halogens is 2. The molecule has 0 heterocycles. The van der Waals surface area contributed by atoms with E-state index in [1.807, 2.05) is 12.1 Å². The van der Waals surface area contributed by atoms with Crippen LogP contribution in [0.4, 0.5) is 11.4 Å². The lowest BCUT2D eigenvalue weighted by atomic mass is 10.2. The van der Waals surface area contributed by atoms with Crippen LogP contribution in [0.2, 0.25) is 5.02 Å². The number of sulfonamides is 1. The largest absolute Gasteiger partial charge is 0.322 e. The van der Waals surface area contributed by atoms with E-state index in [4.69, 9.17) is 11.6 Å². The highest BCUT2D eigenvalue weighted by atomic mass is 127. The second-order valence-corrected chi connectivity index (χ2v) is 9.22. The minimum atomic E-state index is -3.88. The molecule has 8 heteroatoms. The second-order valence-electron chi connectivity index (χ2n) is 6.00. The Morgan fingerprint density at radius 3 is 2.39 bits per heavy atom. The molecule has 0 aliphatic carbocycles. The molecule has 3 aromatic carbocycles. The number of rotatable bonds is 5. The summed E-state index contributed by atoms with van der Waals surface area (Å²) in [5.74, 6) is -0.309. The van der Waals surface area contributed by atoms with Crippen molar-refractivity contribution in [2.24, 2.45) is 0 Å². The third-order valence-electron chi connectivity index (χ3n) is 3.97. The van der Waals surface area contributed by atoms with E-state index >= 15 is 0 Å². The van der Waals surface area contributed by atoms with Crippen LogP contribution in [0.5, 0.6) is 0 Å². The smallest absolute Gasteiger partial charge is 0.262 e. The number of anilines is 2. The van der Waals surface area contributed by atoms with Crippen LogP contribution in [0.25, 0.3) is 0 Å². The van der Waals surface area contributed by atoms with Gasteiger partial charge in [0.15, 0.2) is 0 Å². The van der Waals surface area contributed by atoms with Gasteiger partial charge in [-0.3, -0.25) is 9.52 Å². The van der Waals surface area contributed by atoms with Gasteiger partial charge in [0.25, 0.3) is 15.9 Å². The van der Waals surface area contributed by atoms with Crippen molar-refractivity contribution in [3.63, 3.8) is 0 Å². The van der Waals surface area contributed by atoms with Crippen molar-refractivity contribution in [3.8, 4) is 0 Å². The molecule has 0 aliphatic rings. The molecule has 1 amide bonds. The summed E-state index contributed by atoms with van der Waals surface area (Å²) in [7, 11) is -3.88. The van der Waals surface area contributed by atoms with E-state index in [2.05, 4.69) is 32.6 Å². The maximum atomic E-state index is 12.9. The van der Waals surface area contributed by atoms with E-state index in [9.17, 15) is 13.2 Å². The summed E-state index contributed by atoms with van der Waals surface area (Å²) in [4.78, 5) is 12.6. The van der Waals surface area contributed by atoms with Gasteiger partial charge >= 0.3 is 0 Å². The van der Waals surface area contributed by atoms with Crippen LogP contribution in [0.1, 0.15) is 15.9 Å². The highest BCUT2D eigenvalue weighted by Crippen LogP contribution is 2.27. The van der Waals surface area contributed by atoms with Crippen LogP contribution in [0.3, 0.4) is 0 Å². The highest BCUT2D eigenvalue weighted by Gasteiger charge is 2.19. The lowest BCUT2D eigenvalue weighted by molar-refractivity contribution is 0.102. The van der Waals surface area contributed by atoms with E-state index in [0.717, 1.165) is 3.57 Å². The molecule has 0 fully saturated rings. The first-order chi connectivity index (χ1) is 13.3. The molecule has 0 aliphatic heterocycles. The van der Waals surface area contributed by atoms with Crippen LogP contribution < -0.4 is 10.0 Å². The fourth-order valence-corrected chi connectivity index (χ4v) is 4.78. The standard InChI is InChI=1S/C20H16ClIN2O3S/c1-13-10-11-14(23-20(25)15-6-2-4-8-17(15)22)12-19(13)28(26,27)24-18-9-5-3-7-16(18)21/h2-12,24H,1H3,(H,23,25). The SMILES string of the molecule is Cc1ccc(NC(=O)c2ccccc2I)cc1S(=O)(=O)Nc1ccccc1Cl. The summed E-state index contributed by atoms with van der Waals surface area (Å²) in [6.45, 7) is 1.69. The zero-order valence-electron chi connectivity index (χ0n) is 14.7. The molecule has 0 saturated carbocycles. The van der Waals surface area contributed by atoms with Crippen molar-refractivity contribution >= 4 is 61.5 Å². The fraction of sp³-hybridized carbons (Fsp3) is 0.0500. The highest BCUT2D eigenvalue weighted by molar-refractivity contribution is 14.1. The minimum Gasteiger partial charge on any atom is -0.322 e. The molecular weight excluding hydrogens is 511 g/mol. The van der Waals surface area contributed by atoms with Gasteiger partial charge in [0, 0.05) is 9.26 Å². The summed E-state index contributed by atoms with van der Waals surface area (Å²) < 4.78 is 29.0. The number of hydrogen-bond donors (Lipinski definition) is 2. The Kier molecular flexibility index (Phi) is 6.26. The molecule has 2 N–H and O–H groups in total. The van der Waals surface area contributed by atoms with Gasteiger partial charge in [-0.15, -0.1) is 0 Å². The van der Waals surface area contributed by atoms with Crippen molar-refractivity contribution < 1.29 is 13.2 Å². The number of carbonyl (C=O) groups excluding carboxylic acids is 1. The molecular formula is C20H16ClIN2O3S. The molecule has 5 nitrogen and oxygen atoms in total. The Labute approximate surface area is 182 Å². The molecule has 0 atom stereocenters. The first kappa shape index (κ1) is 20.6. The average molecular weight is 527 g/mol. The van der Waals surface area contributed by atoms with Crippen molar-refractivity contribution in [2.75, 3.05) is 10.0 Å². The molecule has 3 aromatic rings. The average Bonchev–Trinajstić information content (AvgIpc) is 2.65. The van der Waals surface area contributed by atoms with Gasteiger partial charge in [-0.05, 0) is 71.5 Å². The van der Waals surface area contributed by atoms with E-state index in [-0.39, 0.29) is 16.5 Å². The maximum absolute atomic E-state index is 12.9. The molecule has 0 bridgehead atoms. The van der Waals surface area contributed by atoms with Crippen LogP contribution in [0.15, 0.2) is 71.6 Å². The molecule has 0 spiro atoms. The van der Waals surface area contributed by atoms with Crippen molar-refractivity contribution in [3.05, 3.63) is 86.4 Å². The number of benzene rings is 3. The molecule has 28 heavy (non-hydrogen) atoms. The Bertz CT molecular complexity index is 1150. The predicted molar refractivity (Wildman–Crippen MR) is 121 cm³/mol. The van der Waals surface area contributed by atoms with Crippen LogP contribution >= 0.6 is 34.2 Å². The summed E-state index contributed by atoms with van der Waals surface area (Å²) in [5, 5.41) is 3.05. The normalized spacial score (nSPS) is 11.1. The lowest BCUT2D eigenvalue weighted by Gasteiger charge is -2.13. The summed E-state index contributed by atoms with van der Waals surface area (Å²) in [5.41, 5.74) is 1.74. The summed E-state index contributed by atoms with van der Waals surface area (Å²) in [6, 6.07) is 18.5. The Hall–Kier alpha value is -2.10. The second kappa shape index (κ2) is 8.50. The van der Waals surface area contributed by atoms with Gasteiger partial charge in [0.1, 0.15) is 0 Å². The minimum absolute atomic E-state index is 0.0629. The van der Waals surface area contributed by atoms with Crippen molar-refractivity contribution in [1.29, 1.82) is 0 Å². The van der Waals surface area contributed by atoms with E-state index in [1.165, 1.54) is 6.07 Å².